The van der Waals surface area contributed by atoms with Crippen LogP contribution < -0.4 is 14.2 Å². The number of hydrogen-bond donors (Lipinski definition) is 2. The van der Waals surface area contributed by atoms with E-state index in [0.717, 1.165) is 17.7 Å². The molecule has 134 valence electrons. The quantitative estimate of drug-likeness (QED) is 0.800. The smallest absolute Gasteiger partial charge is 0.240 e. The van der Waals surface area contributed by atoms with Crippen molar-refractivity contribution in [3.63, 3.8) is 0 Å². The molecule has 0 bridgehead atoms. The summed E-state index contributed by atoms with van der Waals surface area (Å²) in [7, 11) is -3.76. The molecule has 2 N–H and O–H groups in total. The van der Waals surface area contributed by atoms with Gasteiger partial charge in [0, 0.05) is 17.5 Å². The normalized spacial score (nSPS) is 19.4. The Labute approximate surface area is 150 Å². The molecule has 1 fully saturated rings. The Morgan fingerprint density at radius 2 is 1.96 bits per heavy atom. The number of nitrogens with one attached hydrogen (secondary N) is 1. The second kappa shape index (κ2) is 6.28. The lowest BCUT2D eigenvalue weighted by Gasteiger charge is -2.27. The molecule has 2 heterocycles. The van der Waals surface area contributed by atoms with Crippen LogP contribution in [0, 0.1) is 5.92 Å². The van der Waals surface area contributed by atoms with Gasteiger partial charge in [-0.25, -0.2) is 13.1 Å². The molecule has 0 radical (unpaired) electrons. The molecule has 0 saturated heterocycles. The van der Waals surface area contributed by atoms with Crippen LogP contribution in [0.25, 0.3) is 0 Å². The molecule has 2 aliphatic rings. The summed E-state index contributed by atoms with van der Waals surface area (Å²) in [5, 5.41) is 12.9. The van der Waals surface area contributed by atoms with Crippen molar-refractivity contribution in [1.29, 1.82) is 0 Å². The highest BCUT2D eigenvalue weighted by Crippen LogP contribution is 2.47. The first-order valence-electron chi connectivity index (χ1n) is 8.15. The van der Waals surface area contributed by atoms with E-state index in [-0.39, 0.29) is 17.4 Å². The van der Waals surface area contributed by atoms with E-state index in [1.165, 1.54) is 23.5 Å². The standard InChI is InChI=1S/C17H19NO5S2/c19-17(12-3-4-12,16-2-1-9-24-16)11-18-25(20,21)13-5-6-14-15(10-13)23-8-7-22-14/h1-2,5-6,9-10,12,18-19H,3-4,7-8,11H2/t17-/m1/s1. The summed E-state index contributed by atoms with van der Waals surface area (Å²) in [4.78, 5) is 0.890. The second-order valence-electron chi connectivity index (χ2n) is 6.31. The van der Waals surface area contributed by atoms with Crippen LogP contribution in [0.5, 0.6) is 11.5 Å². The predicted molar refractivity (Wildman–Crippen MR) is 93.6 cm³/mol. The average Bonchev–Trinajstić information content (AvgIpc) is 3.34. The number of rotatable bonds is 6. The molecule has 1 aromatic carbocycles. The fourth-order valence-electron chi connectivity index (χ4n) is 3.00. The molecule has 1 aromatic heterocycles. The van der Waals surface area contributed by atoms with Crippen molar-refractivity contribution < 1.29 is 23.0 Å². The maximum Gasteiger partial charge on any atom is 0.240 e. The highest BCUT2D eigenvalue weighted by molar-refractivity contribution is 7.89. The first-order chi connectivity index (χ1) is 12.0. The molecule has 4 rings (SSSR count). The van der Waals surface area contributed by atoms with E-state index in [4.69, 9.17) is 9.47 Å². The van der Waals surface area contributed by atoms with Gasteiger partial charge in [0.15, 0.2) is 11.5 Å². The van der Waals surface area contributed by atoms with E-state index >= 15 is 0 Å². The van der Waals surface area contributed by atoms with E-state index in [2.05, 4.69) is 4.72 Å². The predicted octanol–water partition coefficient (Wildman–Crippen LogP) is 2.10. The van der Waals surface area contributed by atoms with E-state index < -0.39 is 15.6 Å². The summed E-state index contributed by atoms with van der Waals surface area (Å²) in [5.74, 6) is 1.05. The Morgan fingerprint density at radius 1 is 1.20 bits per heavy atom. The van der Waals surface area contributed by atoms with Gasteiger partial charge < -0.3 is 14.6 Å². The molecule has 0 unspecified atom stereocenters. The number of aliphatic hydroxyl groups is 1. The fourth-order valence-corrected chi connectivity index (χ4v) is 4.99. The van der Waals surface area contributed by atoms with E-state index in [0.29, 0.717) is 24.7 Å². The number of fused-ring (bicyclic) bond motifs is 1. The minimum Gasteiger partial charge on any atom is -0.486 e. The van der Waals surface area contributed by atoms with Gasteiger partial charge >= 0.3 is 0 Å². The molecular formula is C17H19NO5S2. The molecule has 25 heavy (non-hydrogen) atoms. The monoisotopic (exact) mass is 381 g/mol. The zero-order valence-corrected chi connectivity index (χ0v) is 15.1. The Balaban J connectivity index is 1.55. The Morgan fingerprint density at radius 3 is 2.64 bits per heavy atom. The number of hydrogen-bond acceptors (Lipinski definition) is 6. The van der Waals surface area contributed by atoms with Crippen LogP contribution in [0.3, 0.4) is 0 Å². The summed E-state index contributed by atoms with van der Waals surface area (Å²) in [6.07, 6.45) is 1.81. The van der Waals surface area contributed by atoms with Crippen LogP contribution in [0.2, 0.25) is 0 Å². The number of thiophene rings is 1. The Hall–Kier alpha value is -1.61. The molecule has 8 heteroatoms. The van der Waals surface area contributed by atoms with Crippen molar-refractivity contribution in [3.8, 4) is 11.5 Å². The molecule has 6 nitrogen and oxygen atoms in total. The SMILES string of the molecule is O=S(=O)(NC[C@](O)(c1cccs1)C1CC1)c1ccc2c(c1)OCCO2. The van der Waals surface area contributed by atoms with Gasteiger partial charge in [-0.3, -0.25) is 0 Å². The van der Waals surface area contributed by atoms with Crippen molar-refractivity contribution >= 4 is 21.4 Å². The van der Waals surface area contributed by atoms with E-state index in [1.54, 1.807) is 6.07 Å². The van der Waals surface area contributed by atoms with Gasteiger partial charge in [0.2, 0.25) is 10.0 Å². The molecule has 0 amide bonds. The number of ether oxygens (including phenoxy) is 2. The second-order valence-corrected chi connectivity index (χ2v) is 9.02. The Bertz CT molecular complexity index is 861. The third-order valence-electron chi connectivity index (χ3n) is 4.56. The molecule has 1 atom stereocenters. The van der Waals surface area contributed by atoms with Crippen LogP contribution >= 0.6 is 11.3 Å². The lowest BCUT2D eigenvalue weighted by Crippen LogP contribution is -2.41. The van der Waals surface area contributed by atoms with Crippen molar-refractivity contribution in [2.45, 2.75) is 23.3 Å². The van der Waals surface area contributed by atoms with Crippen molar-refractivity contribution in [1.82, 2.24) is 4.72 Å². The topological polar surface area (TPSA) is 84.9 Å². The van der Waals surface area contributed by atoms with Crippen LogP contribution in [0.4, 0.5) is 0 Å². The van der Waals surface area contributed by atoms with E-state index in [9.17, 15) is 13.5 Å². The van der Waals surface area contributed by atoms with Crippen molar-refractivity contribution in [2.75, 3.05) is 19.8 Å². The lowest BCUT2D eigenvalue weighted by atomic mass is 9.96. The van der Waals surface area contributed by atoms with Crippen LogP contribution in [-0.2, 0) is 15.6 Å². The maximum atomic E-state index is 12.7. The molecule has 2 aromatic rings. The zero-order chi connectivity index (χ0) is 17.5. The number of sulfonamides is 1. The summed E-state index contributed by atoms with van der Waals surface area (Å²) < 4.78 is 38.8. The largest absolute Gasteiger partial charge is 0.486 e. The van der Waals surface area contributed by atoms with Crippen molar-refractivity contribution in [3.05, 3.63) is 40.6 Å². The van der Waals surface area contributed by atoms with Gasteiger partial charge in [0.25, 0.3) is 0 Å². The van der Waals surface area contributed by atoms with Gasteiger partial charge in [-0.2, -0.15) is 0 Å². The molecule has 0 spiro atoms. The minimum atomic E-state index is -3.76. The van der Waals surface area contributed by atoms with Crippen molar-refractivity contribution in [2.24, 2.45) is 5.92 Å². The lowest BCUT2D eigenvalue weighted by molar-refractivity contribution is 0.0222. The minimum absolute atomic E-state index is 0.0467. The highest BCUT2D eigenvalue weighted by atomic mass is 32.2. The van der Waals surface area contributed by atoms with Crippen LogP contribution in [0.1, 0.15) is 17.7 Å². The summed E-state index contributed by atoms with van der Waals surface area (Å²) in [6, 6.07) is 8.24. The maximum absolute atomic E-state index is 12.7. The van der Waals surface area contributed by atoms with Crippen LogP contribution in [0.15, 0.2) is 40.6 Å². The van der Waals surface area contributed by atoms with Gasteiger partial charge in [-0.05, 0) is 42.3 Å². The molecular weight excluding hydrogens is 362 g/mol. The first kappa shape index (κ1) is 16.8. The third kappa shape index (κ3) is 3.27. The number of benzene rings is 1. The molecule has 1 saturated carbocycles. The zero-order valence-electron chi connectivity index (χ0n) is 13.5. The summed E-state index contributed by atoms with van der Waals surface area (Å²) in [6.45, 7) is 0.797. The highest BCUT2D eigenvalue weighted by Gasteiger charge is 2.46. The van der Waals surface area contributed by atoms with Gasteiger partial charge in [-0.15, -0.1) is 11.3 Å². The van der Waals surface area contributed by atoms with Gasteiger partial charge in [-0.1, -0.05) is 6.07 Å². The van der Waals surface area contributed by atoms with Gasteiger partial charge in [0.1, 0.15) is 18.8 Å². The summed E-state index contributed by atoms with van der Waals surface area (Å²) >= 11 is 1.44. The van der Waals surface area contributed by atoms with E-state index in [1.807, 2.05) is 17.5 Å². The average molecular weight is 381 g/mol. The third-order valence-corrected chi connectivity index (χ3v) is 6.99. The fraction of sp³-hybridized carbons (Fsp3) is 0.412. The molecule has 1 aliphatic carbocycles. The first-order valence-corrected chi connectivity index (χ1v) is 10.5. The van der Waals surface area contributed by atoms with Gasteiger partial charge in [0.05, 0.1) is 4.90 Å². The summed E-state index contributed by atoms with van der Waals surface area (Å²) in [5.41, 5.74) is -1.16. The molecule has 1 aliphatic heterocycles. The Kier molecular flexibility index (Phi) is 4.23. The van der Waals surface area contributed by atoms with Crippen LogP contribution in [-0.4, -0.2) is 33.3 Å².